The van der Waals surface area contributed by atoms with E-state index in [0.717, 1.165) is 6.07 Å². The van der Waals surface area contributed by atoms with Crippen LogP contribution in [0.5, 0.6) is 5.75 Å². The highest BCUT2D eigenvalue weighted by Gasteiger charge is 2.18. The number of nitrogens with zero attached hydrogens (tertiary/aromatic N) is 1. The standard InChI is InChI=1S/C17H16N2O6/c1-3-25-17(21)11-5-4-6-12(9-11)18-16(20)14-10-13(19(22)23)7-8-15(14)24-2/h4-10H,3H2,1-2H3,(H,18,20). The summed E-state index contributed by atoms with van der Waals surface area (Å²) >= 11 is 0. The molecule has 0 aliphatic rings. The van der Waals surface area contributed by atoms with Gasteiger partial charge < -0.3 is 14.8 Å². The van der Waals surface area contributed by atoms with Crippen molar-refractivity contribution in [3.63, 3.8) is 0 Å². The number of hydrogen-bond donors (Lipinski definition) is 1. The fraction of sp³-hybridized carbons (Fsp3) is 0.176. The summed E-state index contributed by atoms with van der Waals surface area (Å²) in [4.78, 5) is 34.5. The van der Waals surface area contributed by atoms with Gasteiger partial charge >= 0.3 is 5.97 Å². The number of nitro groups is 1. The Labute approximate surface area is 143 Å². The van der Waals surface area contributed by atoms with Crippen LogP contribution in [0, 0.1) is 10.1 Å². The number of anilines is 1. The van der Waals surface area contributed by atoms with E-state index >= 15 is 0 Å². The van der Waals surface area contributed by atoms with Crippen LogP contribution >= 0.6 is 0 Å². The van der Waals surface area contributed by atoms with Gasteiger partial charge in [0.15, 0.2) is 0 Å². The van der Waals surface area contributed by atoms with Gasteiger partial charge in [-0.3, -0.25) is 14.9 Å². The fourth-order valence-electron chi connectivity index (χ4n) is 2.12. The first-order valence-electron chi connectivity index (χ1n) is 7.37. The molecule has 0 bridgehead atoms. The molecule has 1 amide bonds. The Morgan fingerprint density at radius 3 is 2.60 bits per heavy atom. The Bertz CT molecular complexity index is 819. The normalized spacial score (nSPS) is 10.0. The van der Waals surface area contributed by atoms with E-state index < -0.39 is 16.8 Å². The summed E-state index contributed by atoms with van der Waals surface area (Å²) in [7, 11) is 1.36. The van der Waals surface area contributed by atoms with Crippen molar-refractivity contribution in [1.82, 2.24) is 0 Å². The molecule has 0 aliphatic heterocycles. The molecule has 8 nitrogen and oxygen atoms in total. The van der Waals surface area contributed by atoms with E-state index in [9.17, 15) is 19.7 Å². The van der Waals surface area contributed by atoms with E-state index in [-0.39, 0.29) is 29.2 Å². The van der Waals surface area contributed by atoms with Crippen LogP contribution in [0.1, 0.15) is 27.6 Å². The van der Waals surface area contributed by atoms with Crippen molar-refractivity contribution in [1.29, 1.82) is 0 Å². The Kier molecular flexibility index (Phi) is 5.67. The Morgan fingerprint density at radius 2 is 1.96 bits per heavy atom. The minimum absolute atomic E-state index is 0.0123. The summed E-state index contributed by atoms with van der Waals surface area (Å²) in [5, 5.41) is 13.5. The Hall–Kier alpha value is -3.42. The van der Waals surface area contributed by atoms with Gasteiger partial charge in [0.1, 0.15) is 5.75 Å². The number of rotatable bonds is 6. The lowest BCUT2D eigenvalue weighted by Crippen LogP contribution is -2.14. The van der Waals surface area contributed by atoms with Crippen LogP contribution in [-0.2, 0) is 4.74 Å². The van der Waals surface area contributed by atoms with Gasteiger partial charge in [-0.25, -0.2) is 4.79 Å². The van der Waals surface area contributed by atoms with Gasteiger partial charge in [0.25, 0.3) is 11.6 Å². The van der Waals surface area contributed by atoms with Crippen molar-refractivity contribution in [3.05, 3.63) is 63.7 Å². The average Bonchev–Trinajstić information content (AvgIpc) is 2.61. The van der Waals surface area contributed by atoms with Gasteiger partial charge in [-0.1, -0.05) is 6.07 Å². The maximum Gasteiger partial charge on any atom is 0.338 e. The predicted molar refractivity (Wildman–Crippen MR) is 90.0 cm³/mol. The van der Waals surface area contributed by atoms with E-state index in [2.05, 4.69) is 5.32 Å². The lowest BCUT2D eigenvalue weighted by molar-refractivity contribution is -0.384. The molecule has 25 heavy (non-hydrogen) atoms. The van der Waals surface area contributed by atoms with E-state index in [1.54, 1.807) is 25.1 Å². The number of methoxy groups -OCH3 is 1. The largest absolute Gasteiger partial charge is 0.496 e. The Morgan fingerprint density at radius 1 is 1.20 bits per heavy atom. The summed E-state index contributed by atoms with van der Waals surface area (Å²) in [5.41, 5.74) is 0.416. The summed E-state index contributed by atoms with van der Waals surface area (Å²) in [6, 6.07) is 9.92. The average molecular weight is 344 g/mol. The quantitative estimate of drug-likeness (QED) is 0.490. The van der Waals surface area contributed by atoms with Crippen molar-refractivity contribution in [2.24, 2.45) is 0 Å². The molecule has 0 saturated carbocycles. The molecular formula is C17H16N2O6. The number of amides is 1. The Balaban J connectivity index is 2.28. The molecule has 0 aliphatic carbocycles. The molecule has 2 aromatic rings. The molecule has 130 valence electrons. The molecule has 8 heteroatoms. The van der Waals surface area contributed by atoms with Gasteiger partial charge in [0.05, 0.1) is 29.8 Å². The number of benzene rings is 2. The van der Waals surface area contributed by atoms with E-state index in [4.69, 9.17) is 9.47 Å². The monoisotopic (exact) mass is 344 g/mol. The highest BCUT2D eigenvalue weighted by Crippen LogP contribution is 2.25. The minimum atomic E-state index is -0.600. The molecule has 2 aromatic carbocycles. The molecule has 0 spiro atoms. The number of esters is 1. The van der Waals surface area contributed by atoms with Crippen molar-refractivity contribution < 1.29 is 24.0 Å². The van der Waals surface area contributed by atoms with Crippen LogP contribution in [0.2, 0.25) is 0 Å². The highest BCUT2D eigenvalue weighted by molar-refractivity contribution is 6.07. The van der Waals surface area contributed by atoms with Crippen LogP contribution in [0.25, 0.3) is 0 Å². The second-order valence-electron chi connectivity index (χ2n) is 4.90. The first kappa shape index (κ1) is 17.9. The molecule has 0 atom stereocenters. The van der Waals surface area contributed by atoms with Crippen molar-refractivity contribution in [2.45, 2.75) is 6.92 Å². The maximum absolute atomic E-state index is 12.4. The van der Waals surface area contributed by atoms with E-state index in [0.29, 0.717) is 5.69 Å². The summed E-state index contributed by atoms with van der Waals surface area (Å²) in [6.45, 7) is 1.93. The molecule has 2 rings (SSSR count). The lowest BCUT2D eigenvalue weighted by Gasteiger charge is -2.10. The second-order valence-corrected chi connectivity index (χ2v) is 4.90. The molecule has 0 aromatic heterocycles. The van der Waals surface area contributed by atoms with Gasteiger partial charge in [0, 0.05) is 17.8 Å². The number of non-ortho nitro benzene ring substituents is 1. The number of carbonyl (C=O) groups is 2. The molecule has 0 unspecified atom stereocenters. The van der Waals surface area contributed by atoms with Crippen LogP contribution < -0.4 is 10.1 Å². The van der Waals surface area contributed by atoms with Crippen LogP contribution in [-0.4, -0.2) is 30.5 Å². The first-order chi connectivity index (χ1) is 12.0. The van der Waals surface area contributed by atoms with Gasteiger partial charge in [0.2, 0.25) is 0 Å². The third-order valence-corrected chi connectivity index (χ3v) is 3.27. The van der Waals surface area contributed by atoms with Gasteiger partial charge in [-0.15, -0.1) is 0 Å². The number of hydrogen-bond acceptors (Lipinski definition) is 6. The molecule has 1 N–H and O–H groups in total. The number of ether oxygens (including phenoxy) is 2. The molecule has 0 radical (unpaired) electrons. The topological polar surface area (TPSA) is 108 Å². The number of nitrogens with one attached hydrogen (secondary N) is 1. The smallest absolute Gasteiger partial charge is 0.338 e. The van der Waals surface area contributed by atoms with Crippen LogP contribution in [0.3, 0.4) is 0 Å². The van der Waals surface area contributed by atoms with Crippen LogP contribution in [0.15, 0.2) is 42.5 Å². The zero-order valence-electron chi connectivity index (χ0n) is 13.6. The third kappa shape index (κ3) is 4.31. The lowest BCUT2D eigenvalue weighted by atomic mass is 10.1. The SMILES string of the molecule is CCOC(=O)c1cccc(NC(=O)c2cc([N+](=O)[O-])ccc2OC)c1. The minimum Gasteiger partial charge on any atom is -0.496 e. The highest BCUT2D eigenvalue weighted by atomic mass is 16.6. The third-order valence-electron chi connectivity index (χ3n) is 3.27. The fourth-order valence-corrected chi connectivity index (χ4v) is 2.12. The predicted octanol–water partition coefficient (Wildman–Crippen LogP) is 3.03. The molecule has 0 heterocycles. The van der Waals surface area contributed by atoms with Gasteiger partial charge in [-0.05, 0) is 31.2 Å². The zero-order valence-corrected chi connectivity index (χ0v) is 13.6. The van der Waals surface area contributed by atoms with Crippen LogP contribution in [0.4, 0.5) is 11.4 Å². The summed E-state index contributed by atoms with van der Waals surface area (Å²) < 4.78 is 9.98. The number of nitro benzene ring substituents is 1. The zero-order chi connectivity index (χ0) is 18.4. The summed E-state index contributed by atoms with van der Waals surface area (Å²) in [5.74, 6) is -0.905. The number of carbonyl (C=O) groups excluding carboxylic acids is 2. The molecule has 0 saturated heterocycles. The maximum atomic E-state index is 12.4. The van der Waals surface area contributed by atoms with E-state index in [1.165, 1.54) is 25.3 Å². The molecule has 0 fully saturated rings. The van der Waals surface area contributed by atoms with Crippen molar-refractivity contribution in [3.8, 4) is 5.75 Å². The van der Waals surface area contributed by atoms with E-state index in [1.807, 2.05) is 0 Å². The molecular weight excluding hydrogens is 328 g/mol. The van der Waals surface area contributed by atoms with Crippen molar-refractivity contribution >= 4 is 23.3 Å². The van der Waals surface area contributed by atoms with Crippen molar-refractivity contribution in [2.75, 3.05) is 19.0 Å². The van der Waals surface area contributed by atoms with Gasteiger partial charge in [-0.2, -0.15) is 0 Å². The first-order valence-corrected chi connectivity index (χ1v) is 7.37. The second kappa shape index (κ2) is 7.91. The summed E-state index contributed by atoms with van der Waals surface area (Å²) in [6.07, 6.45) is 0.